The molecule has 0 saturated heterocycles. The van der Waals surface area contributed by atoms with E-state index in [0.717, 1.165) is 45.4 Å². The molecule has 6 heteroatoms. The first-order valence-electron chi connectivity index (χ1n) is 12.9. The number of hydrogen-bond acceptors (Lipinski definition) is 4. The van der Waals surface area contributed by atoms with E-state index in [2.05, 4.69) is 59.3 Å². The molecule has 0 bridgehead atoms. The predicted molar refractivity (Wildman–Crippen MR) is 156 cm³/mol. The van der Waals surface area contributed by atoms with Gasteiger partial charge in [-0.1, -0.05) is 67.6 Å². The molecule has 5 nitrogen and oxygen atoms in total. The number of furan rings is 1. The van der Waals surface area contributed by atoms with Crippen LogP contribution in [0.1, 0.15) is 47.5 Å². The van der Waals surface area contributed by atoms with Crippen molar-refractivity contribution in [2.45, 2.75) is 32.3 Å². The second-order valence-corrected chi connectivity index (χ2v) is 10.2. The molecule has 0 aliphatic carbocycles. The first-order valence-corrected chi connectivity index (χ1v) is 13.7. The Hall–Kier alpha value is -4.03. The quantitative estimate of drug-likeness (QED) is 0.169. The highest BCUT2D eigenvalue weighted by Crippen LogP contribution is 2.42. The number of carboxylic acids is 1. The molecule has 39 heavy (non-hydrogen) atoms. The lowest BCUT2D eigenvalue weighted by molar-refractivity contribution is -0.139. The van der Waals surface area contributed by atoms with E-state index in [1.165, 1.54) is 5.56 Å². The summed E-state index contributed by atoms with van der Waals surface area (Å²) >= 11 is 3.75. The minimum atomic E-state index is -1.03. The van der Waals surface area contributed by atoms with Crippen LogP contribution in [0.25, 0.3) is 10.8 Å². The molecule has 0 aliphatic rings. The van der Waals surface area contributed by atoms with E-state index in [0.29, 0.717) is 23.1 Å². The Morgan fingerprint density at radius 1 is 0.897 bits per heavy atom. The Bertz CT molecular complexity index is 1550. The molecule has 0 aliphatic heterocycles. The molecule has 1 heterocycles. The summed E-state index contributed by atoms with van der Waals surface area (Å²) in [6.07, 6.45) is 3.45. The zero-order valence-electron chi connectivity index (χ0n) is 21.6. The van der Waals surface area contributed by atoms with Crippen LogP contribution >= 0.6 is 15.9 Å². The van der Waals surface area contributed by atoms with E-state index in [1.54, 1.807) is 6.26 Å². The average molecular weight is 585 g/mol. The van der Waals surface area contributed by atoms with Crippen LogP contribution in [0.3, 0.4) is 0 Å². The number of ether oxygens (including phenoxy) is 2. The first kappa shape index (κ1) is 26.6. The highest BCUT2D eigenvalue weighted by Gasteiger charge is 2.21. The van der Waals surface area contributed by atoms with Gasteiger partial charge < -0.3 is 19.0 Å². The van der Waals surface area contributed by atoms with E-state index in [4.69, 9.17) is 13.9 Å². The van der Waals surface area contributed by atoms with Gasteiger partial charge in [0.1, 0.15) is 17.3 Å². The second-order valence-electron chi connectivity index (χ2n) is 9.40. The van der Waals surface area contributed by atoms with Gasteiger partial charge in [0, 0.05) is 23.8 Å². The largest absolute Gasteiger partial charge is 0.482 e. The molecule has 0 amide bonds. The summed E-state index contributed by atoms with van der Waals surface area (Å²) in [5.74, 6) is 1.01. The van der Waals surface area contributed by atoms with E-state index in [1.807, 2.05) is 54.6 Å². The molecule has 0 saturated carbocycles. The zero-order chi connectivity index (χ0) is 27.2. The third-order valence-electron chi connectivity index (χ3n) is 6.61. The fourth-order valence-corrected chi connectivity index (χ4v) is 5.45. The van der Waals surface area contributed by atoms with Crippen molar-refractivity contribution in [3.05, 3.63) is 130 Å². The zero-order valence-corrected chi connectivity index (χ0v) is 23.2. The van der Waals surface area contributed by atoms with Crippen LogP contribution in [0, 0.1) is 0 Å². The summed E-state index contributed by atoms with van der Waals surface area (Å²) in [6.45, 7) is 1.63. The monoisotopic (exact) mass is 584 g/mol. The molecule has 0 radical (unpaired) electrons. The summed E-state index contributed by atoms with van der Waals surface area (Å²) in [5.41, 5.74) is 4.24. The van der Waals surface area contributed by atoms with Gasteiger partial charge in [0.2, 0.25) is 0 Å². The minimum Gasteiger partial charge on any atom is -0.482 e. The standard InChI is InChI=1S/C33H29BrO5/c1-2-28(29-14-9-15-37-29)39-30-20-27-24(18-25(30)16-22-10-5-3-6-11-22)19-26(17-23-12-7-4-8-13-23)33(32(27)34)38-21-31(35)36/h3-15,18-20,28H,2,16-17,21H2,1H3,(H,35,36). The topological polar surface area (TPSA) is 68.9 Å². The highest BCUT2D eigenvalue weighted by molar-refractivity contribution is 9.10. The fraction of sp³-hybridized carbons (Fsp3) is 0.182. The van der Waals surface area contributed by atoms with Crippen molar-refractivity contribution < 1.29 is 23.8 Å². The van der Waals surface area contributed by atoms with Gasteiger partial charge in [-0.05, 0) is 74.8 Å². The molecule has 1 unspecified atom stereocenters. The van der Waals surface area contributed by atoms with Crippen LogP contribution in [0.4, 0.5) is 0 Å². The molecule has 198 valence electrons. The Balaban J connectivity index is 1.64. The van der Waals surface area contributed by atoms with Gasteiger partial charge in [-0.25, -0.2) is 4.79 Å². The van der Waals surface area contributed by atoms with Gasteiger partial charge in [0.05, 0.1) is 10.7 Å². The molecule has 5 aromatic rings. The SMILES string of the molecule is CCC(Oc1cc2c(Br)c(OCC(=O)O)c(Cc3ccccc3)cc2cc1Cc1ccccc1)c1ccco1. The lowest BCUT2D eigenvalue weighted by Crippen LogP contribution is -2.11. The molecule has 0 fully saturated rings. The third kappa shape index (κ3) is 6.35. The number of carboxylic acid groups (broad SMARTS) is 1. The Labute approximate surface area is 236 Å². The molecular weight excluding hydrogens is 556 g/mol. The van der Waals surface area contributed by atoms with Crippen LogP contribution in [0.5, 0.6) is 11.5 Å². The van der Waals surface area contributed by atoms with Crippen molar-refractivity contribution in [1.29, 1.82) is 0 Å². The number of fused-ring (bicyclic) bond motifs is 1. The average Bonchev–Trinajstić information content (AvgIpc) is 3.48. The van der Waals surface area contributed by atoms with E-state index >= 15 is 0 Å². The smallest absolute Gasteiger partial charge is 0.341 e. The summed E-state index contributed by atoms with van der Waals surface area (Å²) in [6, 6.07) is 30.4. The van der Waals surface area contributed by atoms with Crippen LogP contribution in [0.15, 0.2) is 106 Å². The Morgan fingerprint density at radius 2 is 1.54 bits per heavy atom. The highest BCUT2D eigenvalue weighted by atomic mass is 79.9. The second kappa shape index (κ2) is 12.2. The van der Waals surface area contributed by atoms with Gasteiger partial charge >= 0.3 is 5.97 Å². The van der Waals surface area contributed by atoms with E-state index in [9.17, 15) is 9.90 Å². The molecule has 1 atom stereocenters. The summed E-state index contributed by atoms with van der Waals surface area (Å²) in [5, 5.41) is 11.2. The maximum Gasteiger partial charge on any atom is 0.341 e. The molecule has 1 N–H and O–H groups in total. The van der Waals surface area contributed by atoms with Crippen molar-refractivity contribution >= 4 is 32.7 Å². The van der Waals surface area contributed by atoms with Crippen LogP contribution in [-0.4, -0.2) is 17.7 Å². The van der Waals surface area contributed by atoms with Crippen LogP contribution < -0.4 is 9.47 Å². The summed E-state index contributed by atoms with van der Waals surface area (Å²) in [7, 11) is 0. The van der Waals surface area contributed by atoms with Gasteiger partial charge in [0.15, 0.2) is 12.7 Å². The minimum absolute atomic E-state index is 0.245. The van der Waals surface area contributed by atoms with Gasteiger partial charge in [-0.2, -0.15) is 0 Å². The Kier molecular flexibility index (Phi) is 8.33. The van der Waals surface area contributed by atoms with Crippen molar-refractivity contribution in [3.63, 3.8) is 0 Å². The number of aliphatic carboxylic acids is 1. The van der Waals surface area contributed by atoms with E-state index in [-0.39, 0.29) is 6.10 Å². The maximum absolute atomic E-state index is 11.4. The van der Waals surface area contributed by atoms with E-state index < -0.39 is 12.6 Å². The first-order chi connectivity index (χ1) is 19.0. The van der Waals surface area contributed by atoms with Gasteiger partial charge in [-0.15, -0.1) is 0 Å². The van der Waals surface area contributed by atoms with Crippen molar-refractivity contribution in [2.75, 3.05) is 6.61 Å². The predicted octanol–water partition coefficient (Wildman–Crippen LogP) is 8.37. The number of carbonyl (C=O) groups is 1. The van der Waals surface area contributed by atoms with Crippen LogP contribution in [0.2, 0.25) is 0 Å². The number of hydrogen-bond donors (Lipinski definition) is 1. The normalized spacial score (nSPS) is 11.8. The lowest BCUT2D eigenvalue weighted by Gasteiger charge is -2.21. The maximum atomic E-state index is 11.4. The van der Waals surface area contributed by atoms with Gasteiger partial charge in [0.25, 0.3) is 0 Å². The molecule has 0 spiro atoms. The molecule has 4 aromatic carbocycles. The fourth-order valence-electron chi connectivity index (χ4n) is 4.74. The third-order valence-corrected chi connectivity index (χ3v) is 7.39. The van der Waals surface area contributed by atoms with Crippen molar-refractivity contribution in [3.8, 4) is 11.5 Å². The number of rotatable bonds is 11. The summed E-state index contributed by atoms with van der Waals surface area (Å²) < 4.78 is 18.8. The van der Waals surface area contributed by atoms with Crippen molar-refractivity contribution in [2.24, 2.45) is 0 Å². The Morgan fingerprint density at radius 3 is 2.13 bits per heavy atom. The molecular formula is C33H29BrO5. The number of halogens is 1. The van der Waals surface area contributed by atoms with Gasteiger partial charge in [-0.3, -0.25) is 0 Å². The van der Waals surface area contributed by atoms with Crippen molar-refractivity contribution in [1.82, 2.24) is 0 Å². The lowest BCUT2D eigenvalue weighted by atomic mass is 9.96. The number of benzene rings is 4. The molecule has 5 rings (SSSR count). The van der Waals surface area contributed by atoms with Crippen LogP contribution in [-0.2, 0) is 17.6 Å². The summed E-state index contributed by atoms with van der Waals surface area (Å²) in [4.78, 5) is 11.4. The molecule has 1 aromatic heterocycles.